The van der Waals surface area contributed by atoms with Crippen LogP contribution in [0.25, 0.3) is 0 Å². The third-order valence-corrected chi connectivity index (χ3v) is 1.80. The Balaban J connectivity index is 2.20. The first kappa shape index (κ1) is 9.92. The Bertz CT molecular complexity index is 228. The lowest BCUT2D eigenvalue weighted by molar-refractivity contribution is 0.164. The molecule has 1 heterocycles. The summed E-state index contributed by atoms with van der Waals surface area (Å²) < 4.78 is 0. The normalized spacial score (nSPS) is 12.5. The van der Waals surface area contributed by atoms with Gasteiger partial charge in [-0.25, -0.2) is 9.97 Å². The predicted octanol–water partition coefficient (Wildman–Crippen LogP) is 1.05. The molecule has 0 aromatic carbocycles. The molecule has 0 saturated carbocycles. The van der Waals surface area contributed by atoms with Gasteiger partial charge in [0, 0.05) is 18.9 Å². The number of nitrogens with one attached hydrogen (secondary N) is 1. The Hall–Kier alpha value is -1.16. The summed E-state index contributed by atoms with van der Waals surface area (Å²) in [6, 6.07) is 1.77. The maximum atomic E-state index is 9.26. The van der Waals surface area contributed by atoms with Crippen LogP contribution in [0.1, 0.15) is 19.8 Å². The molecule has 1 aromatic rings. The third-order valence-electron chi connectivity index (χ3n) is 1.80. The average Bonchev–Trinajstić information content (AvgIpc) is 2.19. The quantitative estimate of drug-likeness (QED) is 0.712. The lowest BCUT2D eigenvalue weighted by Crippen LogP contribution is -2.13. The summed E-state index contributed by atoms with van der Waals surface area (Å²) in [7, 11) is 0. The van der Waals surface area contributed by atoms with E-state index in [-0.39, 0.29) is 6.10 Å². The molecule has 0 bridgehead atoms. The molecule has 4 nitrogen and oxygen atoms in total. The molecular weight excluding hydrogens is 166 g/mol. The second-order valence-electron chi connectivity index (χ2n) is 2.85. The molecular formula is C9H15N3O. The molecule has 72 valence electrons. The molecule has 2 N–H and O–H groups in total. The van der Waals surface area contributed by atoms with E-state index in [0.717, 1.165) is 12.8 Å². The van der Waals surface area contributed by atoms with Crippen LogP contribution in [0, 0.1) is 0 Å². The van der Waals surface area contributed by atoms with Crippen molar-refractivity contribution >= 4 is 5.95 Å². The standard InChI is InChI=1S/C9H15N3O/c1-2-8(13)4-7-12-9-10-5-3-6-11-9/h3,5-6,8,13H,2,4,7H2,1H3,(H,10,11,12). The summed E-state index contributed by atoms with van der Waals surface area (Å²) in [4.78, 5) is 8.00. The lowest BCUT2D eigenvalue weighted by atomic mass is 10.2. The summed E-state index contributed by atoms with van der Waals surface area (Å²) in [5.74, 6) is 0.616. The van der Waals surface area contributed by atoms with Crippen LogP contribution < -0.4 is 5.32 Å². The van der Waals surface area contributed by atoms with Gasteiger partial charge in [0.2, 0.25) is 5.95 Å². The van der Waals surface area contributed by atoms with Crippen LogP contribution in [-0.2, 0) is 0 Å². The van der Waals surface area contributed by atoms with Crippen LogP contribution in [-0.4, -0.2) is 27.7 Å². The minimum Gasteiger partial charge on any atom is -0.393 e. The van der Waals surface area contributed by atoms with Gasteiger partial charge in [-0.05, 0) is 18.9 Å². The van der Waals surface area contributed by atoms with Gasteiger partial charge in [-0.2, -0.15) is 0 Å². The fourth-order valence-corrected chi connectivity index (χ4v) is 0.945. The smallest absolute Gasteiger partial charge is 0.222 e. The van der Waals surface area contributed by atoms with Crippen molar-refractivity contribution < 1.29 is 5.11 Å². The topological polar surface area (TPSA) is 58.0 Å². The molecule has 0 aliphatic rings. The average molecular weight is 181 g/mol. The number of hydrogen-bond donors (Lipinski definition) is 2. The number of hydrogen-bond acceptors (Lipinski definition) is 4. The van der Waals surface area contributed by atoms with E-state index >= 15 is 0 Å². The Morgan fingerprint density at radius 3 is 2.77 bits per heavy atom. The largest absolute Gasteiger partial charge is 0.393 e. The fraction of sp³-hybridized carbons (Fsp3) is 0.556. The molecule has 13 heavy (non-hydrogen) atoms. The summed E-state index contributed by atoms with van der Waals surface area (Å²) in [6.07, 6.45) is 4.67. The molecule has 1 atom stereocenters. The molecule has 0 saturated heterocycles. The second kappa shape index (κ2) is 5.48. The highest BCUT2D eigenvalue weighted by atomic mass is 16.3. The Morgan fingerprint density at radius 1 is 1.46 bits per heavy atom. The number of aliphatic hydroxyl groups excluding tert-OH is 1. The molecule has 1 aromatic heterocycles. The summed E-state index contributed by atoms with van der Waals surface area (Å²) in [6.45, 7) is 2.67. The molecule has 0 spiro atoms. The van der Waals surface area contributed by atoms with Crippen LogP contribution in [0.3, 0.4) is 0 Å². The van der Waals surface area contributed by atoms with Crippen molar-refractivity contribution in [3.8, 4) is 0 Å². The van der Waals surface area contributed by atoms with E-state index in [1.807, 2.05) is 6.92 Å². The van der Waals surface area contributed by atoms with Gasteiger partial charge < -0.3 is 10.4 Å². The molecule has 1 unspecified atom stereocenters. The van der Waals surface area contributed by atoms with E-state index in [2.05, 4.69) is 15.3 Å². The van der Waals surface area contributed by atoms with Gasteiger partial charge in [0.1, 0.15) is 0 Å². The minimum atomic E-state index is -0.226. The summed E-state index contributed by atoms with van der Waals surface area (Å²) >= 11 is 0. The molecule has 1 rings (SSSR count). The molecule has 0 radical (unpaired) electrons. The van der Waals surface area contributed by atoms with Crippen LogP contribution in [0.5, 0.6) is 0 Å². The number of nitrogens with zero attached hydrogens (tertiary/aromatic N) is 2. The van der Waals surface area contributed by atoms with Gasteiger partial charge in [0.05, 0.1) is 6.10 Å². The highest BCUT2D eigenvalue weighted by Crippen LogP contribution is 1.98. The van der Waals surface area contributed by atoms with Gasteiger partial charge in [0.25, 0.3) is 0 Å². The van der Waals surface area contributed by atoms with Gasteiger partial charge in [0.15, 0.2) is 0 Å². The summed E-state index contributed by atoms with van der Waals surface area (Å²) in [5.41, 5.74) is 0. The van der Waals surface area contributed by atoms with Crippen molar-refractivity contribution in [1.82, 2.24) is 9.97 Å². The maximum Gasteiger partial charge on any atom is 0.222 e. The first-order valence-corrected chi connectivity index (χ1v) is 4.52. The Kier molecular flexibility index (Phi) is 4.18. The van der Waals surface area contributed by atoms with Crippen molar-refractivity contribution in [3.63, 3.8) is 0 Å². The molecule has 4 heteroatoms. The number of rotatable bonds is 5. The zero-order chi connectivity index (χ0) is 9.52. The van der Waals surface area contributed by atoms with Crippen LogP contribution in [0.2, 0.25) is 0 Å². The van der Waals surface area contributed by atoms with Gasteiger partial charge in [-0.15, -0.1) is 0 Å². The SMILES string of the molecule is CCC(O)CCNc1ncccn1. The monoisotopic (exact) mass is 181 g/mol. The van der Waals surface area contributed by atoms with Crippen LogP contribution in [0.15, 0.2) is 18.5 Å². The molecule has 0 fully saturated rings. The third kappa shape index (κ3) is 3.85. The maximum absolute atomic E-state index is 9.26. The van der Waals surface area contributed by atoms with Crippen molar-refractivity contribution in [2.45, 2.75) is 25.9 Å². The highest BCUT2D eigenvalue weighted by Gasteiger charge is 1.99. The zero-order valence-electron chi connectivity index (χ0n) is 7.77. The van der Waals surface area contributed by atoms with Crippen molar-refractivity contribution in [2.75, 3.05) is 11.9 Å². The van der Waals surface area contributed by atoms with Gasteiger partial charge in [-0.3, -0.25) is 0 Å². The molecule has 0 aliphatic heterocycles. The highest BCUT2D eigenvalue weighted by molar-refractivity contribution is 5.21. The van der Waals surface area contributed by atoms with E-state index < -0.39 is 0 Å². The summed E-state index contributed by atoms with van der Waals surface area (Å²) in [5, 5.41) is 12.3. The van der Waals surface area contributed by atoms with Crippen LogP contribution in [0.4, 0.5) is 5.95 Å². The first-order chi connectivity index (χ1) is 6.33. The lowest BCUT2D eigenvalue weighted by Gasteiger charge is -2.07. The Labute approximate surface area is 78.0 Å². The predicted molar refractivity (Wildman–Crippen MR) is 51.4 cm³/mol. The Morgan fingerprint density at radius 2 is 2.15 bits per heavy atom. The van der Waals surface area contributed by atoms with Crippen LogP contribution >= 0.6 is 0 Å². The molecule has 0 amide bonds. The fourth-order valence-electron chi connectivity index (χ4n) is 0.945. The second-order valence-corrected chi connectivity index (χ2v) is 2.85. The number of anilines is 1. The number of aromatic nitrogens is 2. The van der Waals surface area contributed by atoms with E-state index in [1.54, 1.807) is 18.5 Å². The van der Waals surface area contributed by atoms with Crippen molar-refractivity contribution in [3.05, 3.63) is 18.5 Å². The number of aliphatic hydroxyl groups is 1. The van der Waals surface area contributed by atoms with Gasteiger partial charge >= 0.3 is 0 Å². The van der Waals surface area contributed by atoms with E-state index in [1.165, 1.54) is 0 Å². The minimum absolute atomic E-state index is 0.226. The van der Waals surface area contributed by atoms with E-state index in [4.69, 9.17) is 0 Å². The van der Waals surface area contributed by atoms with E-state index in [9.17, 15) is 5.11 Å². The first-order valence-electron chi connectivity index (χ1n) is 4.52. The van der Waals surface area contributed by atoms with E-state index in [0.29, 0.717) is 12.5 Å². The zero-order valence-corrected chi connectivity index (χ0v) is 7.77. The molecule has 0 aliphatic carbocycles. The van der Waals surface area contributed by atoms with Crippen molar-refractivity contribution in [2.24, 2.45) is 0 Å². The van der Waals surface area contributed by atoms with Gasteiger partial charge in [-0.1, -0.05) is 6.92 Å². The van der Waals surface area contributed by atoms with Crippen molar-refractivity contribution in [1.29, 1.82) is 0 Å².